The van der Waals surface area contributed by atoms with Crippen molar-refractivity contribution in [1.82, 2.24) is 10.1 Å². The normalized spacial score (nSPS) is 19.6. The van der Waals surface area contributed by atoms with Gasteiger partial charge in [0.2, 0.25) is 11.7 Å². The Morgan fingerprint density at radius 3 is 2.52 bits per heavy atom. The third-order valence-corrected chi connectivity index (χ3v) is 4.24. The second-order valence-corrected chi connectivity index (χ2v) is 7.00. The lowest BCUT2D eigenvalue weighted by atomic mass is 9.83. The van der Waals surface area contributed by atoms with Gasteiger partial charge in [-0.05, 0) is 18.3 Å². The minimum Gasteiger partial charge on any atom is -0.481 e. The van der Waals surface area contributed by atoms with E-state index in [0.717, 1.165) is 12.8 Å². The van der Waals surface area contributed by atoms with Crippen molar-refractivity contribution >= 4 is 5.97 Å². The first kappa shape index (κ1) is 15.9. The number of aromatic nitrogens is 2. The first-order valence-corrected chi connectivity index (χ1v) is 7.37. The number of hydrogen-bond donors (Lipinski definition) is 1. The molecule has 1 heterocycles. The van der Waals surface area contributed by atoms with Gasteiger partial charge in [0.05, 0.1) is 5.41 Å². The van der Waals surface area contributed by atoms with Crippen LogP contribution in [-0.2, 0) is 16.0 Å². The molecule has 118 valence electrons. The Morgan fingerprint density at radius 1 is 1.43 bits per heavy atom. The summed E-state index contributed by atoms with van der Waals surface area (Å²) in [6.07, 6.45) is 3.25. The van der Waals surface area contributed by atoms with E-state index >= 15 is 0 Å². The second kappa shape index (κ2) is 5.75. The molecule has 0 bridgehead atoms. The largest absolute Gasteiger partial charge is 0.481 e. The van der Waals surface area contributed by atoms with E-state index in [9.17, 15) is 9.90 Å². The van der Waals surface area contributed by atoms with Gasteiger partial charge in [-0.15, -0.1) is 0 Å². The van der Waals surface area contributed by atoms with Gasteiger partial charge in [0.25, 0.3) is 0 Å². The van der Waals surface area contributed by atoms with Crippen LogP contribution >= 0.6 is 0 Å². The van der Waals surface area contributed by atoms with Gasteiger partial charge in [-0.25, -0.2) is 0 Å². The van der Waals surface area contributed by atoms with Crippen molar-refractivity contribution in [1.29, 1.82) is 0 Å². The van der Waals surface area contributed by atoms with Crippen LogP contribution in [-0.4, -0.2) is 28.3 Å². The summed E-state index contributed by atoms with van der Waals surface area (Å²) in [4.78, 5) is 15.9. The molecule has 1 aliphatic rings. The van der Waals surface area contributed by atoms with Gasteiger partial charge >= 0.3 is 5.97 Å². The monoisotopic (exact) mass is 296 g/mol. The highest BCUT2D eigenvalue weighted by molar-refractivity contribution is 5.75. The van der Waals surface area contributed by atoms with Crippen LogP contribution in [0.4, 0.5) is 0 Å². The Kier molecular flexibility index (Phi) is 4.37. The molecule has 1 atom stereocenters. The van der Waals surface area contributed by atoms with Crippen molar-refractivity contribution in [2.75, 3.05) is 7.11 Å². The molecule has 0 saturated heterocycles. The lowest BCUT2D eigenvalue weighted by Gasteiger charge is -2.26. The number of carboxylic acids is 1. The number of hydrogen-bond acceptors (Lipinski definition) is 5. The molecule has 2 rings (SSSR count). The number of rotatable bonds is 5. The molecule has 1 N–H and O–H groups in total. The predicted molar refractivity (Wildman–Crippen MR) is 75.7 cm³/mol. The van der Waals surface area contributed by atoms with E-state index in [0.29, 0.717) is 31.0 Å². The Balaban J connectivity index is 2.18. The van der Waals surface area contributed by atoms with Gasteiger partial charge < -0.3 is 14.4 Å². The predicted octanol–water partition coefficient (Wildman–Crippen LogP) is 2.99. The highest BCUT2D eigenvalue weighted by Crippen LogP contribution is 2.41. The fourth-order valence-corrected chi connectivity index (χ4v) is 3.10. The summed E-state index contributed by atoms with van der Waals surface area (Å²) in [6.45, 7) is 6.10. The zero-order valence-electron chi connectivity index (χ0n) is 13.2. The van der Waals surface area contributed by atoms with Crippen molar-refractivity contribution in [3.63, 3.8) is 0 Å². The summed E-state index contributed by atoms with van der Waals surface area (Å²) in [5.41, 5.74) is -0.901. The molecule has 0 aliphatic heterocycles. The smallest absolute Gasteiger partial charge is 0.310 e. The lowest BCUT2D eigenvalue weighted by Crippen LogP contribution is -2.30. The SMILES string of the molecule is COC(c1noc(CC2(C(=O)O)CCCC2)n1)C(C)(C)C. The van der Waals surface area contributed by atoms with Gasteiger partial charge in [-0.1, -0.05) is 38.8 Å². The number of nitrogens with zero attached hydrogens (tertiary/aromatic N) is 2. The van der Waals surface area contributed by atoms with Crippen LogP contribution in [0.1, 0.15) is 64.3 Å². The van der Waals surface area contributed by atoms with Gasteiger partial charge in [0.15, 0.2) is 0 Å². The molecular formula is C15H24N2O4. The highest BCUT2D eigenvalue weighted by Gasteiger charge is 2.43. The van der Waals surface area contributed by atoms with E-state index < -0.39 is 11.4 Å². The Bertz CT molecular complexity index is 498. The van der Waals surface area contributed by atoms with Crippen LogP contribution in [0.15, 0.2) is 4.52 Å². The molecule has 1 aromatic rings. The molecule has 0 radical (unpaired) electrons. The molecule has 0 amide bonds. The summed E-state index contributed by atoms with van der Waals surface area (Å²) in [7, 11) is 1.61. The van der Waals surface area contributed by atoms with E-state index in [2.05, 4.69) is 10.1 Å². The second-order valence-electron chi connectivity index (χ2n) is 7.00. The van der Waals surface area contributed by atoms with Crippen molar-refractivity contribution in [2.24, 2.45) is 10.8 Å². The average molecular weight is 296 g/mol. The van der Waals surface area contributed by atoms with Crippen LogP contribution < -0.4 is 0 Å². The first-order valence-electron chi connectivity index (χ1n) is 7.37. The summed E-state index contributed by atoms with van der Waals surface area (Å²) in [6, 6.07) is 0. The number of carbonyl (C=O) groups is 1. The van der Waals surface area contributed by atoms with Crippen molar-refractivity contribution < 1.29 is 19.2 Å². The first-order chi connectivity index (χ1) is 9.78. The number of aliphatic carboxylic acids is 1. The summed E-state index contributed by atoms with van der Waals surface area (Å²) >= 11 is 0. The summed E-state index contributed by atoms with van der Waals surface area (Å²) in [5.74, 6) is 0.109. The number of carboxylic acid groups (broad SMARTS) is 1. The maximum atomic E-state index is 11.6. The maximum Gasteiger partial charge on any atom is 0.310 e. The van der Waals surface area contributed by atoms with Gasteiger partial charge in [0, 0.05) is 13.5 Å². The molecule has 0 spiro atoms. The fraction of sp³-hybridized carbons (Fsp3) is 0.800. The van der Waals surface area contributed by atoms with Crippen LogP contribution in [0.25, 0.3) is 0 Å². The van der Waals surface area contributed by atoms with E-state index in [1.165, 1.54) is 0 Å². The summed E-state index contributed by atoms with van der Waals surface area (Å²) < 4.78 is 10.7. The standard InChI is InChI=1S/C15H24N2O4/c1-14(2,3)11(20-4)12-16-10(21-17-12)9-15(13(18)19)7-5-6-8-15/h11H,5-9H2,1-4H3,(H,18,19). The van der Waals surface area contributed by atoms with Crippen LogP contribution in [0.5, 0.6) is 0 Å². The zero-order chi connectivity index (χ0) is 15.7. The molecule has 1 aromatic heterocycles. The Labute approximate surface area is 124 Å². The molecule has 1 fully saturated rings. The third kappa shape index (κ3) is 3.26. The van der Waals surface area contributed by atoms with Gasteiger partial charge in [0.1, 0.15) is 6.10 Å². The summed E-state index contributed by atoms with van der Waals surface area (Å²) in [5, 5.41) is 13.5. The van der Waals surface area contributed by atoms with Crippen molar-refractivity contribution in [3.8, 4) is 0 Å². The van der Waals surface area contributed by atoms with E-state index in [1.54, 1.807) is 7.11 Å². The van der Waals surface area contributed by atoms with Crippen molar-refractivity contribution in [2.45, 2.75) is 59.0 Å². The van der Waals surface area contributed by atoms with Crippen LogP contribution in [0.3, 0.4) is 0 Å². The zero-order valence-corrected chi connectivity index (χ0v) is 13.2. The minimum absolute atomic E-state index is 0.159. The van der Waals surface area contributed by atoms with E-state index in [-0.39, 0.29) is 11.5 Å². The minimum atomic E-state index is -0.765. The fourth-order valence-electron chi connectivity index (χ4n) is 3.10. The van der Waals surface area contributed by atoms with Crippen molar-refractivity contribution in [3.05, 3.63) is 11.7 Å². The highest BCUT2D eigenvalue weighted by atomic mass is 16.5. The number of methoxy groups -OCH3 is 1. The van der Waals surface area contributed by atoms with Crippen LogP contribution in [0, 0.1) is 10.8 Å². The molecule has 6 nitrogen and oxygen atoms in total. The van der Waals surface area contributed by atoms with E-state index in [4.69, 9.17) is 9.26 Å². The molecule has 21 heavy (non-hydrogen) atoms. The Morgan fingerprint density at radius 2 is 2.05 bits per heavy atom. The lowest BCUT2D eigenvalue weighted by molar-refractivity contribution is -0.148. The van der Waals surface area contributed by atoms with Crippen LogP contribution in [0.2, 0.25) is 0 Å². The quantitative estimate of drug-likeness (QED) is 0.899. The van der Waals surface area contributed by atoms with Gasteiger partial charge in [-0.2, -0.15) is 4.98 Å². The maximum absolute atomic E-state index is 11.6. The van der Waals surface area contributed by atoms with E-state index in [1.807, 2.05) is 20.8 Å². The molecule has 1 saturated carbocycles. The molecular weight excluding hydrogens is 272 g/mol. The Hall–Kier alpha value is -1.43. The topological polar surface area (TPSA) is 85.5 Å². The molecule has 0 aromatic carbocycles. The third-order valence-electron chi connectivity index (χ3n) is 4.24. The van der Waals surface area contributed by atoms with Gasteiger partial charge in [-0.3, -0.25) is 4.79 Å². The molecule has 1 aliphatic carbocycles. The molecule has 6 heteroatoms. The molecule has 1 unspecified atom stereocenters. The number of ether oxygens (including phenoxy) is 1. The average Bonchev–Trinajstić information content (AvgIpc) is 2.99.